The highest BCUT2D eigenvalue weighted by molar-refractivity contribution is 5.68. The van der Waals surface area contributed by atoms with E-state index in [0.29, 0.717) is 6.54 Å². The number of hydrogen-bond acceptors (Lipinski definition) is 3. The molecule has 0 heterocycles. The molecule has 0 fully saturated rings. The minimum Gasteiger partial charge on any atom is -0.445 e. The molecule has 0 aliphatic rings. The van der Waals surface area contributed by atoms with Gasteiger partial charge in [-0.3, -0.25) is 0 Å². The number of rotatable bonds is 5. The van der Waals surface area contributed by atoms with Crippen molar-refractivity contribution in [3.63, 3.8) is 0 Å². The maximum Gasteiger partial charge on any atom is 0.407 e. The van der Waals surface area contributed by atoms with E-state index in [1.54, 1.807) is 0 Å². The summed E-state index contributed by atoms with van der Waals surface area (Å²) in [6.07, 6.45) is -0.465. The van der Waals surface area contributed by atoms with Gasteiger partial charge in [0.2, 0.25) is 0 Å². The van der Waals surface area contributed by atoms with Gasteiger partial charge in [0.05, 0.1) is 6.04 Å². The van der Waals surface area contributed by atoms with Crippen molar-refractivity contribution in [2.45, 2.75) is 12.6 Å². The third kappa shape index (κ3) is 4.10. The van der Waals surface area contributed by atoms with Crippen LogP contribution in [0, 0.1) is 0 Å². The summed E-state index contributed by atoms with van der Waals surface area (Å²) in [6, 6.07) is 18.9. The van der Waals surface area contributed by atoms with Crippen molar-refractivity contribution < 1.29 is 9.53 Å². The van der Waals surface area contributed by atoms with E-state index in [1.165, 1.54) is 0 Å². The molecule has 1 amide bonds. The topological polar surface area (TPSA) is 64.3 Å². The summed E-state index contributed by atoms with van der Waals surface area (Å²) in [5.74, 6) is 0. The van der Waals surface area contributed by atoms with Crippen LogP contribution in [0.1, 0.15) is 17.2 Å². The van der Waals surface area contributed by atoms with E-state index in [4.69, 9.17) is 10.5 Å². The second-order valence-electron chi connectivity index (χ2n) is 4.41. The Morgan fingerprint density at radius 2 is 1.65 bits per heavy atom. The van der Waals surface area contributed by atoms with E-state index in [9.17, 15) is 4.79 Å². The molecule has 104 valence electrons. The second-order valence-corrected chi connectivity index (χ2v) is 4.41. The Balaban J connectivity index is 1.87. The van der Waals surface area contributed by atoms with Crippen LogP contribution in [0.25, 0.3) is 0 Å². The molecule has 4 heteroatoms. The molecule has 3 N–H and O–H groups in total. The number of alkyl carbamates (subject to hydrolysis) is 1. The Bertz CT molecular complexity index is 529. The number of nitrogens with two attached hydrogens (primary N) is 1. The predicted octanol–water partition coefficient (Wildman–Crippen LogP) is 2.61. The van der Waals surface area contributed by atoms with Gasteiger partial charge in [0, 0.05) is 6.54 Å². The summed E-state index contributed by atoms with van der Waals surface area (Å²) < 4.78 is 5.18. The zero-order chi connectivity index (χ0) is 14.2. The summed E-state index contributed by atoms with van der Waals surface area (Å²) in [5, 5.41) is 2.77. The lowest BCUT2D eigenvalue weighted by atomic mass is 10.1. The van der Waals surface area contributed by atoms with Crippen LogP contribution in [0.4, 0.5) is 4.79 Å². The van der Waals surface area contributed by atoms with Crippen LogP contribution in [0.5, 0.6) is 0 Å². The predicted molar refractivity (Wildman–Crippen MR) is 78.0 cm³/mol. The van der Waals surface area contributed by atoms with Gasteiger partial charge in [-0.1, -0.05) is 60.7 Å². The van der Waals surface area contributed by atoms with Gasteiger partial charge in [-0.15, -0.1) is 0 Å². The summed E-state index contributed by atoms with van der Waals surface area (Å²) in [4.78, 5) is 11.8. The Morgan fingerprint density at radius 1 is 1.05 bits per heavy atom. The Hall–Kier alpha value is -2.33. The zero-order valence-corrected chi connectivity index (χ0v) is 11.2. The highest BCUT2D eigenvalue weighted by Gasteiger charge is 2.13. The molecule has 0 bridgehead atoms. The standard InChI is InChI=1S/C16H18N2O2/c17-11-15(14-9-5-2-6-10-14)18-16(19)20-12-13-7-3-1-4-8-13/h1-10,15H,11-12,17H2,(H,18,19). The van der Waals surface area contributed by atoms with Crippen molar-refractivity contribution in [2.75, 3.05) is 6.54 Å². The van der Waals surface area contributed by atoms with Crippen LogP contribution in [0.2, 0.25) is 0 Å². The largest absolute Gasteiger partial charge is 0.445 e. The summed E-state index contributed by atoms with van der Waals surface area (Å²) in [5.41, 5.74) is 7.61. The molecule has 0 radical (unpaired) electrons. The number of carbonyl (C=O) groups is 1. The first kappa shape index (κ1) is 14.1. The molecule has 2 aromatic carbocycles. The van der Waals surface area contributed by atoms with Gasteiger partial charge in [0.1, 0.15) is 6.61 Å². The van der Waals surface area contributed by atoms with Gasteiger partial charge < -0.3 is 15.8 Å². The lowest BCUT2D eigenvalue weighted by Gasteiger charge is -2.17. The first-order valence-electron chi connectivity index (χ1n) is 6.52. The van der Waals surface area contributed by atoms with Crippen molar-refractivity contribution in [1.82, 2.24) is 5.32 Å². The molecule has 0 aliphatic heterocycles. The maximum absolute atomic E-state index is 11.8. The molecule has 2 aromatic rings. The lowest BCUT2D eigenvalue weighted by Crippen LogP contribution is -2.33. The Labute approximate surface area is 118 Å². The van der Waals surface area contributed by atoms with Gasteiger partial charge in [-0.05, 0) is 11.1 Å². The van der Waals surface area contributed by atoms with Crippen LogP contribution < -0.4 is 11.1 Å². The quantitative estimate of drug-likeness (QED) is 0.877. The molecular formula is C16H18N2O2. The second kappa shape index (κ2) is 7.31. The molecule has 2 rings (SSSR count). The zero-order valence-electron chi connectivity index (χ0n) is 11.2. The van der Waals surface area contributed by atoms with E-state index in [1.807, 2.05) is 60.7 Å². The fourth-order valence-electron chi connectivity index (χ4n) is 1.87. The fraction of sp³-hybridized carbons (Fsp3) is 0.188. The molecule has 0 spiro atoms. The number of nitrogens with one attached hydrogen (secondary N) is 1. The highest BCUT2D eigenvalue weighted by Crippen LogP contribution is 2.11. The fourth-order valence-corrected chi connectivity index (χ4v) is 1.87. The van der Waals surface area contributed by atoms with Crippen molar-refractivity contribution in [3.05, 3.63) is 71.8 Å². The molecule has 0 saturated heterocycles. The van der Waals surface area contributed by atoms with Crippen molar-refractivity contribution >= 4 is 6.09 Å². The normalized spacial score (nSPS) is 11.7. The molecule has 0 aromatic heterocycles. The molecule has 4 nitrogen and oxygen atoms in total. The molecular weight excluding hydrogens is 252 g/mol. The Kier molecular flexibility index (Phi) is 5.15. The molecule has 0 saturated carbocycles. The Morgan fingerprint density at radius 3 is 2.25 bits per heavy atom. The van der Waals surface area contributed by atoms with E-state index in [0.717, 1.165) is 11.1 Å². The van der Waals surface area contributed by atoms with Crippen LogP contribution in [0.15, 0.2) is 60.7 Å². The van der Waals surface area contributed by atoms with Gasteiger partial charge in [0.15, 0.2) is 0 Å². The smallest absolute Gasteiger partial charge is 0.407 e. The SMILES string of the molecule is NCC(NC(=O)OCc1ccccc1)c1ccccc1. The summed E-state index contributed by atoms with van der Waals surface area (Å²) in [6.45, 7) is 0.573. The van der Waals surface area contributed by atoms with E-state index < -0.39 is 6.09 Å². The third-order valence-corrected chi connectivity index (χ3v) is 2.94. The number of carbonyl (C=O) groups excluding carboxylic acids is 1. The average Bonchev–Trinajstić information content (AvgIpc) is 2.52. The highest BCUT2D eigenvalue weighted by atomic mass is 16.5. The van der Waals surface area contributed by atoms with E-state index >= 15 is 0 Å². The molecule has 20 heavy (non-hydrogen) atoms. The van der Waals surface area contributed by atoms with Crippen LogP contribution in [-0.2, 0) is 11.3 Å². The van der Waals surface area contributed by atoms with E-state index in [2.05, 4.69) is 5.32 Å². The van der Waals surface area contributed by atoms with E-state index in [-0.39, 0.29) is 12.6 Å². The minimum atomic E-state index is -0.465. The monoisotopic (exact) mass is 270 g/mol. The molecule has 1 atom stereocenters. The first-order valence-corrected chi connectivity index (χ1v) is 6.52. The number of benzene rings is 2. The van der Waals surface area contributed by atoms with Gasteiger partial charge >= 0.3 is 6.09 Å². The number of ether oxygens (including phenoxy) is 1. The summed E-state index contributed by atoms with van der Waals surface area (Å²) >= 11 is 0. The molecule has 0 aliphatic carbocycles. The lowest BCUT2D eigenvalue weighted by molar-refractivity contribution is 0.136. The van der Waals surface area contributed by atoms with Gasteiger partial charge in [-0.25, -0.2) is 4.79 Å². The first-order chi connectivity index (χ1) is 9.79. The molecule has 1 unspecified atom stereocenters. The van der Waals surface area contributed by atoms with Gasteiger partial charge in [-0.2, -0.15) is 0 Å². The minimum absolute atomic E-state index is 0.237. The van der Waals surface area contributed by atoms with Crippen molar-refractivity contribution in [3.8, 4) is 0 Å². The van der Waals surface area contributed by atoms with Crippen LogP contribution in [-0.4, -0.2) is 12.6 Å². The number of hydrogen-bond donors (Lipinski definition) is 2. The van der Waals surface area contributed by atoms with Crippen LogP contribution >= 0.6 is 0 Å². The maximum atomic E-state index is 11.8. The number of amides is 1. The van der Waals surface area contributed by atoms with Crippen molar-refractivity contribution in [2.24, 2.45) is 5.73 Å². The average molecular weight is 270 g/mol. The third-order valence-electron chi connectivity index (χ3n) is 2.94. The van der Waals surface area contributed by atoms with Crippen LogP contribution in [0.3, 0.4) is 0 Å². The van der Waals surface area contributed by atoms with Gasteiger partial charge in [0.25, 0.3) is 0 Å². The summed E-state index contributed by atoms with van der Waals surface area (Å²) in [7, 11) is 0. The van der Waals surface area contributed by atoms with Crippen molar-refractivity contribution in [1.29, 1.82) is 0 Å².